The lowest BCUT2D eigenvalue weighted by atomic mass is 10.1. The van der Waals surface area contributed by atoms with Crippen molar-refractivity contribution < 1.29 is 4.42 Å². The minimum atomic E-state index is 0.679. The number of aromatic amines is 1. The van der Waals surface area contributed by atoms with E-state index in [0.717, 1.165) is 33.1 Å². The van der Waals surface area contributed by atoms with Crippen molar-refractivity contribution in [1.82, 2.24) is 15.2 Å². The van der Waals surface area contributed by atoms with Gasteiger partial charge in [-0.25, -0.2) is 4.98 Å². The summed E-state index contributed by atoms with van der Waals surface area (Å²) >= 11 is 0. The summed E-state index contributed by atoms with van der Waals surface area (Å²) in [6.45, 7) is 0. The molecule has 0 aliphatic carbocycles. The van der Waals surface area contributed by atoms with Crippen LogP contribution in [0.3, 0.4) is 0 Å². The van der Waals surface area contributed by atoms with Crippen LogP contribution >= 0.6 is 0 Å². The van der Waals surface area contributed by atoms with Crippen LogP contribution in [0.5, 0.6) is 0 Å². The third kappa shape index (κ3) is 1.93. The first-order valence-corrected chi connectivity index (χ1v) is 7.78. The summed E-state index contributed by atoms with van der Waals surface area (Å²) in [4.78, 5) is 4.64. The first-order chi connectivity index (χ1) is 11.9. The highest BCUT2D eigenvalue weighted by Crippen LogP contribution is 2.34. The van der Waals surface area contributed by atoms with E-state index in [1.165, 1.54) is 0 Å². The summed E-state index contributed by atoms with van der Waals surface area (Å²) in [7, 11) is 0. The second-order valence-corrected chi connectivity index (χ2v) is 5.65. The van der Waals surface area contributed by atoms with E-state index in [2.05, 4.69) is 27.3 Å². The summed E-state index contributed by atoms with van der Waals surface area (Å²) in [6, 6.07) is 24.1. The largest absolute Gasteiger partial charge is 0.455 e. The van der Waals surface area contributed by atoms with Gasteiger partial charge in [-0.15, -0.1) is 0 Å². The van der Waals surface area contributed by atoms with Gasteiger partial charge in [0.2, 0.25) is 0 Å². The van der Waals surface area contributed by atoms with Crippen LogP contribution < -0.4 is 0 Å². The van der Waals surface area contributed by atoms with Gasteiger partial charge in [0.1, 0.15) is 11.2 Å². The van der Waals surface area contributed by atoms with E-state index in [9.17, 15) is 0 Å². The molecule has 1 N–H and O–H groups in total. The second-order valence-electron chi connectivity index (χ2n) is 5.65. The summed E-state index contributed by atoms with van der Waals surface area (Å²) in [5, 5.41) is 9.57. The van der Waals surface area contributed by atoms with Crippen molar-refractivity contribution in [2.75, 3.05) is 0 Å². The Labute approximate surface area is 137 Å². The number of rotatable bonds is 2. The van der Waals surface area contributed by atoms with E-state index in [4.69, 9.17) is 4.42 Å². The quantitative estimate of drug-likeness (QED) is 0.497. The highest BCUT2D eigenvalue weighted by Gasteiger charge is 2.15. The monoisotopic (exact) mass is 311 g/mol. The van der Waals surface area contributed by atoms with Crippen LogP contribution in [-0.4, -0.2) is 15.2 Å². The van der Waals surface area contributed by atoms with Crippen molar-refractivity contribution in [3.05, 3.63) is 72.8 Å². The molecular formula is C20H13N3O. The fourth-order valence-corrected chi connectivity index (χ4v) is 3.03. The molecule has 0 amide bonds. The number of nitrogens with zero attached hydrogens (tertiary/aromatic N) is 2. The van der Waals surface area contributed by atoms with Crippen LogP contribution in [0.4, 0.5) is 0 Å². The molecule has 5 rings (SSSR count). The minimum absolute atomic E-state index is 0.679. The Hall–Kier alpha value is -3.40. The Morgan fingerprint density at radius 2 is 1.54 bits per heavy atom. The highest BCUT2D eigenvalue weighted by atomic mass is 16.3. The van der Waals surface area contributed by atoms with E-state index in [0.29, 0.717) is 11.6 Å². The van der Waals surface area contributed by atoms with Gasteiger partial charge in [-0.1, -0.05) is 60.7 Å². The van der Waals surface area contributed by atoms with Crippen LogP contribution in [0.15, 0.2) is 77.2 Å². The Bertz CT molecular complexity index is 1160. The van der Waals surface area contributed by atoms with Gasteiger partial charge in [-0.3, -0.25) is 5.10 Å². The topological polar surface area (TPSA) is 54.7 Å². The molecule has 4 nitrogen and oxygen atoms in total. The van der Waals surface area contributed by atoms with Gasteiger partial charge in [0, 0.05) is 16.3 Å². The second kappa shape index (κ2) is 5.06. The molecule has 0 atom stereocenters. The lowest BCUT2D eigenvalue weighted by Gasteiger charge is -1.97. The number of hydrogen-bond donors (Lipinski definition) is 1. The van der Waals surface area contributed by atoms with Gasteiger partial charge in [0.05, 0.1) is 5.56 Å². The molecule has 0 radical (unpaired) electrons. The van der Waals surface area contributed by atoms with E-state index in [1.54, 1.807) is 0 Å². The van der Waals surface area contributed by atoms with Gasteiger partial charge >= 0.3 is 0 Å². The van der Waals surface area contributed by atoms with Gasteiger partial charge in [-0.2, -0.15) is 5.10 Å². The molecule has 5 aromatic rings. The van der Waals surface area contributed by atoms with Crippen molar-refractivity contribution in [2.45, 2.75) is 0 Å². The van der Waals surface area contributed by atoms with Crippen molar-refractivity contribution in [3.8, 4) is 22.8 Å². The molecule has 2 heterocycles. The van der Waals surface area contributed by atoms with Crippen molar-refractivity contribution in [3.63, 3.8) is 0 Å². The number of hydrogen-bond acceptors (Lipinski definition) is 3. The maximum Gasteiger partial charge on any atom is 0.181 e. The Kier molecular flexibility index (Phi) is 2.76. The van der Waals surface area contributed by atoms with Crippen molar-refractivity contribution >= 4 is 21.9 Å². The predicted molar refractivity (Wildman–Crippen MR) is 94.5 cm³/mol. The summed E-state index contributed by atoms with van der Waals surface area (Å²) in [5.41, 5.74) is 3.60. The molecule has 4 heteroatoms. The Morgan fingerprint density at radius 1 is 0.750 bits per heavy atom. The summed E-state index contributed by atoms with van der Waals surface area (Å²) < 4.78 is 6.07. The molecule has 3 aromatic carbocycles. The SMILES string of the molecule is c1ccc(-c2n[nH]c(-c3cccc4c3oc3ccccc34)n2)cc1. The molecule has 0 spiro atoms. The lowest BCUT2D eigenvalue weighted by Crippen LogP contribution is -1.82. The van der Waals surface area contributed by atoms with Gasteiger partial charge < -0.3 is 4.42 Å². The lowest BCUT2D eigenvalue weighted by molar-refractivity contribution is 0.669. The summed E-state index contributed by atoms with van der Waals surface area (Å²) in [5.74, 6) is 1.39. The fraction of sp³-hybridized carbons (Fsp3) is 0. The molecule has 0 unspecified atom stereocenters. The predicted octanol–water partition coefficient (Wildman–Crippen LogP) is 5.04. The highest BCUT2D eigenvalue weighted by molar-refractivity contribution is 6.08. The zero-order chi connectivity index (χ0) is 15.9. The van der Waals surface area contributed by atoms with Gasteiger partial charge in [-0.05, 0) is 12.1 Å². The van der Waals surface area contributed by atoms with Crippen LogP contribution in [0.1, 0.15) is 0 Å². The van der Waals surface area contributed by atoms with Crippen molar-refractivity contribution in [1.29, 1.82) is 0 Å². The van der Waals surface area contributed by atoms with Gasteiger partial charge in [0.15, 0.2) is 11.6 Å². The van der Waals surface area contributed by atoms with Crippen molar-refractivity contribution in [2.24, 2.45) is 0 Å². The minimum Gasteiger partial charge on any atom is -0.455 e. The van der Waals surface area contributed by atoms with E-state index >= 15 is 0 Å². The number of fused-ring (bicyclic) bond motifs is 3. The first-order valence-electron chi connectivity index (χ1n) is 7.78. The standard InChI is InChI=1S/C20H13N3O/c1-2-7-13(8-3-1)19-21-20(23-22-19)16-11-6-10-15-14-9-4-5-12-17(14)24-18(15)16/h1-12H,(H,21,22,23). The molecule has 24 heavy (non-hydrogen) atoms. The van der Waals surface area contributed by atoms with Crippen LogP contribution in [-0.2, 0) is 0 Å². The average molecular weight is 311 g/mol. The average Bonchev–Trinajstić information content (AvgIpc) is 3.27. The van der Waals surface area contributed by atoms with E-state index in [-0.39, 0.29) is 0 Å². The van der Waals surface area contributed by atoms with Crippen LogP contribution in [0.25, 0.3) is 44.7 Å². The molecular weight excluding hydrogens is 298 g/mol. The zero-order valence-corrected chi connectivity index (χ0v) is 12.7. The van der Waals surface area contributed by atoms with Crippen LogP contribution in [0.2, 0.25) is 0 Å². The molecule has 2 aromatic heterocycles. The fourth-order valence-electron chi connectivity index (χ4n) is 3.03. The first kappa shape index (κ1) is 13.1. The number of nitrogens with one attached hydrogen (secondary N) is 1. The van der Waals surface area contributed by atoms with Crippen LogP contribution in [0, 0.1) is 0 Å². The third-order valence-electron chi connectivity index (χ3n) is 4.18. The molecule has 0 saturated heterocycles. The zero-order valence-electron chi connectivity index (χ0n) is 12.7. The smallest absolute Gasteiger partial charge is 0.181 e. The Morgan fingerprint density at radius 3 is 2.46 bits per heavy atom. The molecule has 114 valence electrons. The molecule has 0 bridgehead atoms. The molecule has 0 fully saturated rings. The molecule has 0 aliphatic heterocycles. The number of H-pyrrole nitrogens is 1. The number of furan rings is 1. The third-order valence-corrected chi connectivity index (χ3v) is 4.18. The van der Waals surface area contributed by atoms with E-state index in [1.807, 2.05) is 60.7 Å². The Balaban J connectivity index is 1.71. The van der Waals surface area contributed by atoms with Gasteiger partial charge in [0.25, 0.3) is 0 Å². The molecule has 0 aliphatic rings. The number of aromatic nitrogens is 3. The normalized spacial score (nSPS) is 11.3. The molecule has 0 saturated carbocycles. The summed E-state index contributed by atoms with van der Waals surface area (Å²) in [6.07, 6.45) is 0. The number of benzene rings is 3. The maximum atomic E-state index is 6.07. The number of para-hydroxylation sites is 2. The van der Waals surface area contributed by atoms with E-state index < -0.39 is 0 Å². The maximum absolute atomic E-state index is 6.07.